The fourth-order valence-electron chi connectivity index (χ4n) is 2.75. The highest BCUT2D eigenvalue weighted by Crippen LogP contribution is 2.31. The van der Waals surface area contributed by atoms with Gasteiger partial charge in [-0.15, -0.1) is 11.3 Å². The van der Waals surface area contributed by atoms with Crippen molar-refractivity contribution in [2.75, 3.05) is 0 Å². The minimum absolute atomic E-state index is 0.250. The van der Waals surface area contributed by atoms with Crippen LogP contribution in [0.25, 0.3) is 15.9 Å². The van der Waals surface area contributed by atoms with Crippen molar-refractivity contribution in [2.24, 2.45) is 5.73 Å². The number of hydrogen-bond donors (Lipinski definition) is 2. The highest BCUT2D eigenvalue weighted by Gasteiger charge is 2.22. The number of fused-ring (bicyclic) bond motifs is 1. The van der Waals surface area contributed by atoms with Gasteiger partial charge >= 0.3 is 0 Å². The number of thiophene rings is 1. The van der Waals surface area contributed by atoms with Crippen LogP contribution in [0.1, 0.15) is 27.7 Å². The first-order valence-electron chi connectivity index (χ1n) is 7.12. The normalized spacial score (nSPS) is 11.0. The maximum Gasteiger partial charge on any atom is 0.267 e. The SMILES string of the molecule is CCc1c(C)sc(-n2c(=S)[nH]c3ccccc3c2=O)c1C(N)=O. The number of primary amides is 1. The first kappa shape index (κ1) is 15.6. The van der Waals surface area contributed by atoms with Crippen molar-refractivity contribution in [3.05, 3.63) is 55.4 Å². The summed E-state index contributed by atoms with van der Waals surface area (Å²) in [5, 5.41) is 1.00. The molecule has 3 N–H and O–H groups in total. The van der Waals surface area contributed by atoms with Gasteiger partial charge in [-0.2, -0.15) is 0 Å². The van der Waals surface area contributed by atoms with E-state index in [1.165, 1.54) is 15.9 Å². The number of nitrogens with two attached hydrogens (primary N) is 1. The molecule has 3 aromatic rings. The number of amides is 1. The van der Waals surface area contributed by atoms with E-state index < -0.39 is 5.91 Å². The zero-order valence-electron chi connectivity index (χ0n) is 12.7. The van der Waals surface area contributed by atoms with Gasteiger partial charge in [0.05, 0.1) is 16.5 Å². The molecule has 5 nitrogen and oxygen atoms in total. The molecule has 118 valence electrons. The van der Waals surface area contributed by atoms with E-state index in [9.17, 15) is 9.59 Å². The molecule has 23 heavy (non-hydrogen) atoms. The van der Waals surface area contributed by atoms with Crippen LogP contribution in [0.4, 0.5) is 0 Å². The summed E-state index contributed by atoms with van der Waals surface area (Å²) in [5.41, 5.74) is 7.23. The average molecular weight is 345 g/mol. The summed E-state index contributed by atoms with van der Waals surface area (Å²) in [6.07, 6.45) is 0.666. The van der Waals surface area contributed by atoms with Crippen LogP contribution in [0.15, 0.2) is 29.1 Å². The molecule has 0 fully saturated rings. The second-order valence-corrected chi connectivity index (χ2v) is 6.74. The van der Waals surface area contributed by atoms with Gasteiger partial charge in [-0.3, -0.25) is 9.59 Å². The van der Waals surface area contributed by atoms with Crippen LogP contribution in [0.5, 0.6) is 0 Å². The van der Waals surface area contributed by atoms with Gasteiger partial charge in [0.2, 0.25) is 0 Å². The first-order valence-corrected chi connectivity index (χ1v) is 8.34. The molecule has 0 spiro atoms. The molecule has 1 aromatic carbocycles. The maximum atomic E-state index is 12.9. The fraction of sp³-hybridized carbons (Fsp3) is 0.188. The van der Waals surface area contributed by atoms with E-state index in [2.05, 4.69) is 4.98 Å². The summed E-state index contributed by atoms with van der Waals surface area (Å²) in [6.45, 7) is 3.87. The summed E-state index contributed by atoms with van der Waals surface area (Å²) in [7, 11) is 0. The molecule has 0 saturated heterocycles. The number of hydrogen-bond acceptors (Lipinski definition) is 4. The van der Waals surface area contributed by atoms with Crippen molar-refractivity contribution in [3.8, 4) is 5.00 Å². The summed E-state index contributed by atoms with van der Waals surface area (Å²) in [5.74, 6) is -0.546. The largest absolute Gasteiger partial charge is 0.365 e. The molecule has 0 aliphatic carbocycles. The number of carbonyl (C=O) groups excluding carboxylic acids is 1. The summed E-state index contributed by atoms with van der Waals surface area (Å²) in [6, 6.07) is 7.14. The fourth-order valence-corrected chi connectivity index (χ4v) is 4.34. The molecule has 3 rings (SSSR count). The molecule has 2 aromatic heterocycles. The van der Waals surface area contributed by atoms with E-state index in [0.717, 1.165) is 10.4 Å². The minimum atomic E-state index is -0.546. The molecule has 0 radical (unpaired) electrons. The number of aryl methyl sites for hydroxylation is 1. The lowest BCUT2D eigenvalue weighted by molar-refractivity contribution is 0.1000. The van der Waals surface area contributed by atoms with E-state index >= 15 is 0 Å². The third-order valence-corrected chi connectivity index (χ3v) is 5.22. The predicted octanol–water partition coefficient (Wildman–Crippen LogP) is 3.08. The van der Waals surface area contributed by atoms with Crippen molar-refractivity contribution in [3.63, 3.8) is 0 Å². The van der Waals surface area contributed by atoms with Gasteiger partial charge in [-0.05, 0) is 43.3 Å². The van der Waals surface area contributed by atoms with E-state index in [1.54, 1.807) is 18.2 Å². The van der Waals surface area contributed by atoms with E-state index in [1.807, 2.05) is 19.9 Å². The smallest absolute Gasteiger partial charge is 0.267 e. The van der Waals surface area contributed by atoms with Crippen molar-refractivity contribution in [2.45, 2.75) is 20.3 Å². The quantitative estimate of drug-likeness (QED) is 0.716. The third kappa shape index (κ3) is 2.42. The van der Waals surface area contributed by atoms with Crippen molar-refractivity contribution >= 4 is 40.4 Å². The molecule has 7 heteroatoms. The summed E-state index contributed by atoms with van der Waals surface area (Å²) < 4.78 is 1.62. The molecule has 1 amide bonds. The number of aromatic amines is 1. The minimum Gasteiger partial charge on any atom is -0.365 e. The van der Waals surface area contributed by atoms with Crippen LogP contribution in [0.3, 0.4) is 0 Å². The van der Waals surface area contributed by atoms with E-state index in [-0.39, 0.29) is 10.3 Å². The number of nitrogens with one attached hydrogen (secondary N) is 1. The Bertz CT molecular complexity index is 1040. The van der Waals surface area contributed by atoms with Gasteiger partial charge < -0.3 is 10.7 Å². The lowest BCUT2D eigenvalue weighted by atomic mass is 10.1. The molecule has 0 saturated carbocycles. The molecule has 0 aliphatic heterocycles. The Morgan fingerprint density at radius 2 is 2.09 bits per heavy atom. The molecule has 0 unspecified atom stereocenters. The molecular formula is C16H15N3O2S2. The van der Waals surface area contributed by atoms with Crippen LogP contribution in [0, 0.1) is 11.7 Å². The zero-order valence-corrected chi connectivity index (χ0v) is 14.3. The first-order chi connectivity index (χ1) is 11.0. The number of rotatable bonds is 3. The average Bonchev–Trinajstić information content (AvgIpc) is 2.83. The Hall–Kier alpha value is -2.25. The Morgan fingerprint density at radius 3 is 2.74 bits per heavy atom. The highest BCUT2D eigenvalue weighted by molar-refractivity contribution is 7.71. The monoisotopic (exact) mass is 345 g/mol. The molecular weight excluding hydrogens is 330 g/mol. The molecule has 0 atom stereocenters. The molecule has 2 heterocycles. The number of nitrogens with zero attached hydrogens (tertiary/aromatic N) is 1. The molecule has 0 bridgehead atoms. The second kappa shape index (κ2) is 5.75. The Kier molecular flexibility index (Phi) is 3.91. The van der Waals surface area contributed by atoms with Crippen molar-refractivity contribution in [1.29, 1.82) is 0 Å². The number of carbonyl (C=O) groups is 1. The third-order valence-electron chi connectivity index (χ3n) is 3.80. The van der Waals surface area contributed by atoms with Crippen LogP contribution >= 0.6 is 23.6 Å². The van der Waals surface area contributed by atoms with E-state index in [4.69, 9.17) is 18.0 Å². The van der Waals surface area contributed by atoms with Crippen LogP contribution in [-0.2, 0) is 6.42 Å². The van der Waals surface area contributed by atoms with Crippen molar-refractivity contribution in [1.82, 2.24) is 9.55 Å². The lowest BCUT2D eigenvalue weighted by Gasteiger charge is -2.08. The Labute approximate surface area is 141 Å². The zero-order chi connectivity index (χ0) is 16.7. The second-order valence-electron chi connectivity index (χ2n) is 5.15. The summed E-state index contributed by atoms with van der Waals surface area (Å²) >= 11 is 6.71. The summed E-state index contributed by atoms with van der Waals surface area (Å²) in [4.78, 5) is 28.8. The van der Waals surface area contributed by atoms with Crippen LogP contribution < -0.4 is 11.3 Å². The van der Waals surface area contributed by atoms with Gasteiger partial charge in [0, 0.05) is 4.88 Å². The van der Waals surface area contributed by atoms with Gasteiger partial charge in [0.1, 0.15) is 5.00 Å². The molecule has 0 aliphatic rings. The number of aromatic nitrogens is 2. The topological polar surface area (TPSA) is 80.9 Å². The highest BCUT2D eigenvalue weighted by atomic mass is 32.1. The Morgan fingerprint density at radius 1 is 1.39 bits per heavy atom. The van der Waals surface area contributed by atoms with Gasteiger partial charge in [0.15, 0.2) is 4.77 Å². The van der Waals surface area contributed by atoms with Gasteiger partial charge in [-0.25, -0.2) is 4.57 Å². The van der Waals surface area contributed by atoms with Gasteiger partial charge in [-0.1, -0.05) is 19.1 Å². The predicted molar refractivity (Wildman–Crippen MR) is 95.2 cm³/mol. The maximum absolute atomic E-state index is 12.9. The van der Waals surface area contributed by atoms with Gasteiger partial charge in [0.25, 0.3) is 11.5 Å². The van der Waals surface area contributed by atoms with Crippen LogP contribution in [0.2, 0.25) is 0 Å². The standard InChI is InChI=1S/C16H15N3O2S2/c1-3-9-8(2)23-15(12(9)13(17)20)19-14(21)10-6-4-5-7-11(10)18-16(19)22/h4-7H,3H2,1-2H3,(H2,17,20)(H,18,22). The number of H-pyrrole nitrogens is 1. The van der Waals surface area contributed by atoms with Crippen molar-refractivity contribution < 1.29 is 4.79 Å². The van der Waals surface area contributed by atoms with Crippen LogP contribution in [-0.4, -0.2) is 15.5 Å². The Balaban J connectivity index is 2.45. The number of para-hydroxylation sites is 1. The lowest BCUT2D eigenvalue weighted by Crippen LogP contribution is -2.23. The van der Waals surface area contributed by atoms with E-state index in [0.29, 0.717) is 27.9 Å². The number of benzene rings is 1.